The van der Waals surface area contributed by atoms with Crippen molar-refractivity contribution in [3.8, 4) is 0 Å². The Bertz CT molecular complexity index is 296. The van der Waals surface area contributed by atoms with Gasteiger partial charge in [0.15, 0.2) is 0 Å². The van der Waals surface area contributed by atoms with Crippen LogP contribution in [0.5, 0.6) is 0 Å². The summed E-state index contributed by atoms with van der Waals surface area (Å²) < 4.78 is 5.33. The Kier molecular flexibility index (Phi) is 5.91. The lowest BCUT2D eigenvalue weighted by Gasteiger charge is -2.35. The maximum absolute atomic E-state index is 12.0. The molecule has 0 radical (unpaired) electrons. The molecule has 0 aliphatic carbocycles. The first-order valence-electron chi connectivity index (χ1n) is 6.38. The fourth-order valence-corrected chi connectivity index (χ4v) is 1.99. The molecule has 2 amide bonds. The van der Waals surface area contributed by atoms with Crippen LogP contribution >= 0.6 is 0 Å². The molecule has 0 spiro atoms. The van der Waals surface area contributed by atoms with E-state index in [-0.39, 0.29) is 24.4 Å². The Morgan fingerprint density at radius 3 is 2.89 bits per heavy atom. The minimum absolute atomic E-state index is 0.0624. The Morgan fingerprint density at radius 2 is 2.28 bits per heavy atom. The second-order valence-corrected chi connectivity index (χ2v) is 4.72. The molecule has 0 aromatic carbocycles. The summed E-state index contributed by atoms with van der Waals surface area (Å²) >= 11 is 0. The first-order valence-corrected chi connectivity index (χ1v) is 6.38. The smallest absolute Gasteiger partial charge is 0.317 e. The van der Waals surface area contributed by atoms with Crippen LogP contribution in [0.1, 0.15) is 26.7 Å². The summed E-state index contributed by atoms with van der Waals surface area (Å²) in [4.78, 5) is 24.3. The Balaban J connectivity index is 2.36. The molecule has 6 heteroatoms. The average molecular weight is 258 g/mol. The summed E-state index contributed by atoms with van der Waals surface area (Å²) in [5.74, 6) is -0.901. The molecule has 2 N–H and O–H groups in total. The monoisotopic (exact) mass is 258 g/mol. The number of hydrogen-bond acceptors (Lipinski definition) is 3. The largest absolute Gasteiger partial charge is 0.481 e. The number of hydrogen-bond donors (Lipinski definition) is 2. The molecular formula is C12H22N2O4. The minimum atomic E-state index is -0.838. The Labute approximate surface area is 107 Å². The third-order valence-electron chi connectivity index (χ3n) is 3.08. The summed E-state index contributed by atoms with van der Waals surface area (Å²) in [6.07, 6.45) is 0.929. The highest BCUT2D eigenvalue weighted by molar-refractivity contribution is 5.74. The van der Waals surface area contributed by atoms with Crippen LogP contribution in [0.25, 0.3) is 0 Å². The van der Waals surface area contributed by atoms with Gasteiger partial charge in [0.2, 0.25) is 0 Å². The molecule has 0 aromatic rings. The molecule has 0 bridgehead atoms. The van der Waals surface area contributed by atoms with Crippen molar-refractivity contribution in [1.82, 2.24) is 10.2 Å². The van der Waals surface area contributed by atoms with Gasteiger partial charge in [0.05, 0.1) is 19.3 Å². The number of rotatable bonds is 5. The van der Waals surface area contributed by atoms with Crippen molar-refractivity contribution >= 4 is 12.0 Å². The number of carboxylic acids is 1. The summed E-state index contributed by atoms with van der Waals surface area (Å²) in [6.45, 7) is 5.96. The third kappa shape index (κ3) is 4.52. The topological polar surface area (TPSA) is 78.9 Å². The van der Waals surface area contributed by atoms with Gasteiger partial charge in [0.25, 0.3) is 0 Å². The van der Waals surface area contributed by atoms with Gasteiger partial charge < -0.3 is 20.1 Å². The average Bonchev–Trinajstić information content (AvgIpc) is 2.35. The SMILES string of the molecule is CCC1COCCN1C(=O)NCC(C)CC(=O)O. The van der Waals surface area contributed by atoms with E-state index in [1.165, 1.54) is 0 Å². The molecule has 6 nitrogen and oxygen atoms in total. The number of urea groups is 1. The van der Waals surface area contributed by atoms with Crippen LogP contribution in [0.4, 0.5) is 4.79 Å². The lowest BCUT2D eigenvalue weighted by molar-refractivity contribution is -0.137. The van der Waals surface area contributed by atoms with Crippen molar-refractivity contribution in [3.05, 3.63) is 0 Å². The fourth-order valence-electron chi connectivity index (χ4n) is 1.99. The van der Waals surface area contributed by atoms with Gasteiger partial charge in [-0.1, -0.05) is 13.8 Å². The fraction of sp³-hybridized carbons (Fsp3) is 0.833. The number of nitrogens with one attached hydrogen (secondary N) is 1. The molecule has 1 rings (SSSR count). The molecule has 0 aromatic heterocycles. The summed E-state index contributed by atoms with van der Waals surface area (Å²) in [5, 5.41) is 11.4. The highest BCUT2D eigenvalue weighted by Gasteiger charge is 2.25. The van der Waals surface area contributed by atoms with Crippen LogP contribution in [0.3, 0.4) is 0 Å². The molecule has 2 unspecified atom stereocenters. The normalized spacial score (nSPS) is 21.4. The number of carbonyl (C=O) groups is 2. The van der Waals surface area contributed by atoms with E-state index in [9.17, 15) is 9.59 Å². The quantitative estimate of drug-likeness (QED) is 0.768. The van der Waals surface area contributed by atoms with Crippen molar-refractivity contribution < 1.29 is 19.4 Å². The zero-order valence-electron chi connectivity index (χ0n) is 11.0. The molecule has 104 valence electrons. The minimum Gasteiger partial charge on any atom is -0.481 e. The molecule has 1 saturated heterocycles. The standard InChI is InChI=1S/C12H22N2O4/c1-3-10-8-18-5-4-14(10)12(17)13-7-9(2)6-11(15)16/h9-10H,3-8H2,1-2H3,(H,13,17)(H,15,16). The van der Waals surface area contributed by atoms with Crippen molar-refractivity contribution in [2.75, 3.05) is 26.3 Å². The van der Waals surface area contributed by atoms with E-state index < -0.39 is 5.97 Å². The summed E-state index contributed by atoms with van der Waals surface area (Å²) in [7, 11) is 0. The number of amides is 2. The first-order chi connectivity index (χ1) is 8.54. The summed E-state index contributed by atoms with van der Waals surface area (Å²) in [5.41, 5.74) is 0. The van der Waals surface area contributed by atoms with Crippen LogP contribution in [0.15, 0.2) is 0 Å². The third-order valence-corrected chi connectivity index (χ3v) is 3.08. The second-order valence-electron chi connectivity index (χ2n) is 4.72. The van der Waals surface area contributed by atoms with Crippen LogP contribution in [0.2, 0.25) is 0 Å². The van der Waals surface area contributed by atoms with E-state index in [2.05, 4.69) is 5.32 Å². The molecule has 0 saturated carbocycles. The van der Waals surface area contributed by atoms with Crippen molar-refractivity contribution in [1.29, 1.82) is 0 Å². The van der Waals surface area contributed by atoms with Gasteiger partial charge >= 0.3 is 12.0 Å². The molecule has 1 fully saturated rings. The molecular weight excluding hydrogens is 236 g/mol. The van der Waals surface area contributed by atoms with Crippen LogP contribution in [-0.4, -0.2) is 54.4 Å². The van der Waals surface area contributed by atoms with E-state index in [1.807, 2.05) is 13.8 Å². The molecule has 1 heterocycles. The van der Waals surface area contributed by atoms with Crippen LogP contribution < -0.4 is 5.32 Å². The Morgan fingerprint density at radius 1 is 1.56 bits per heavy atom. The van der Waals surface area contributed by atoms with Crippen LogP contribution in [0, 0.1) is 5.92 Å². The molecule has 1 aliphatic heterocycles. The number of ether oxygens (including phenoxy) is 1. The van der Waals surface area contributed by atoms with E-state index in [0.717, 1.165) is 6.42 Å². The van der Waals surface area contributed by atoms with E-state index in [0.29, 0.717) is 26.3 Å². The Hall–Kier alpha value is -1.30. The molecule has 1 aliphatic rings. The van der Waals surface area contributed by atoms with Gasteiger partial charge in [0, 0.05) is 19.5 Å². The van der Waals surface area contributed by atoms with Gasteiger partial charge in [-0.15, -0.1) is 0 Å². The van der Waals surface area contributed by atoms with Gasteiger partial charge in [-0.05, 0) is 12.3 Å². The van der Waals surface area contributed by atoms with E-state index >= 15 is 0 Å². The zero-order chi connectivity index (χ0) is 13.5. The van der Waals surface area contributed by atoms with Gasteiger partial charge in [-0.2, -0.15) is 0 Å². The number of nitrogens with zero attached hydrogens (tertiary/aromatic N) is 1. The van der Waals surface area contributed by atoms with Crippen molar-refractivity contribution in [2.45, 2.75) is 32.7 Å². The van der Waals surface area contributed by atoms with E-state index in [4.69, 9.17) is 9.84 Å². The van der Waals surface area contributed by atoms with E-state index in [1.54, 1.807) is 4.90 Å². The molecule has 2 atom stereocenters. The lowest BCUT2D eigenvalue weighted by atomic mass is 10.1. The summed E-state index contributed by atoms with van der Waals surface area (Å²) in [6, 6.07) is -0.00378. The number of morpholine rings is 1. The van der Waals surface area contributed by atoms with Crippen molar-refractivity contribution in [2.24, 2.45) is 5.92 Å². The first kappa shape index (κ1) is 14.8. The maximum Gasteiger partial charge on any atom is 0.317 e. The number of carboxylic acid groups (broad SMARTS) is 1. The van der Waals surface area contributed by atoms with Gasteiger partial charge in [0.1, 0.15) is 0 Å². The predicted molar refractivity (Wildman–Crippen MR) is 66.4 cm³/mol. The van der Waals surface area contributed by atoms with Crippen molar-refractivity contribution in [3.63, 3.8) is 0 Å². The predicted octanol–water partition coefficient (Wildman–Crippen LogP) is 0.918. The maximum atomic E-state index is 12.0. The van der Waals surface area contributed by atoms with Gasteiger partial charge in [-0.25, -0.2) is 4.79 Å². The number of carbonyl (C=O) groups excluding carboxylic acids is 1. The van der Waals surface area contributed by atoms with Gasteiger partial charge in [-0.3, -0.25) is 4.79 Å². The highest BCUT2D eigenvalue weighted by atomic mass is 16.5. The second kappa shape index (κ2) is 7.20. The molecule has 18 heavy (non-hydrogen) atoms. The van der Waals surface area contributed by atoms with Crippen LogP contribution in [-0.2, 0) is 9.53 Å². The highest BCUT2D eigenvalue weighted by Crippen LogP contribution is 2.10. The lowest BCUT2D eigenvalue weighted by Crippen LogP contribution is -2.52. The number of aliphatic carboxylic acids is 1. The zero-order valence-corrected chi connectivity index (χ0v) is 11.0.